The zero-order chi connectivity index (χ0) is 22.2. The molecule has 2 amide bonds. The van der Waals surface area contributed by atoms with Crippen molar-refractivity contribution in [2.24, 2.45) is 11.8 Å². The molecule has 2 atom stereocenters. The van der Waals surface area contributed by atoms with E-state index in [0.717, 1.165) is 0 Å². The number of carboxylic acid groups (broad SMARTS) is 1. The van der Waals surface area contributed by atoms with Crippen LogP contribution < -0.4 is 10.6 Å². The van der Waals surface area contributed by atoms with E-state index in [4.69, 9.17) is 0 Å². The highest BCUT2D eigenvalue weighted by atomic mass is 16.4. The van der Waals surface area contributed by atoms with Gasteiger partial charge in [0.25, 0.3) is 0 Å². The lowest BCUT2D eigenvalue weighted by molar-refractivity contribution is -0.140. The van der Waals surface area contributed by atoms with Crippen molar-refractivity contribution in [2.45, 2.75) is 78.9 Å². The highest BCUT2D eigenvalue weighted by molar-refractivity contribution is 5.92. The van der Waals surface area contributed by atoms with Gasteiger partial charge in [-0.05, 0) is 38.6 Å². The molecule has 0 saturated heterocycles. The van der Waals surface area contributed by atoms with E-state index in [1.54, 1.807) is 25.1 Å². The van der Waals surface area contributed by atoms with Crippen LogP contribution in [0.25, 0.3) is 0 Å². The first-order chi connectivity index (χ1) is 12.9. The number of hydrogen-bond acceptors (Lipinski definition) is 4. The second-order valence-electron chi connectivity index (χ2n) is 8.07. The van der Waals surface area contributed by atoms with Gasteiger partial charge in [0.15, 0.2) is 0 Å². The first-order valence-electron chi connectivity index (χ1n) is 10.1. The van der Waals surface area contributed by atoms with Gasteiger partial charge in [-0.15, -0.1) is 0 Å². The molecule has 7 nitrogen and oxygen atoms in total. The number of likely N-dealkylation sites (N-methyl/N-ethyl adjacent to an activating group) is 2. The molecule has 0 aliphatic rings. The van der Waals surface area contributed by atoms with E-state index in [0.29, 0.717) is 12.8 Å². The molecule has 0 saturated carbocycles. The number of hydrogen-bond donors (Lipinski definition) is 3. The normalized spacial score (nSPS) is 14.8. The molecule has 162 valence electrons. The summed E-state index contributed by atoms with van der Waals surface area (Å²) in [7, 11) is 3.41. The zero-order valence-electron chi connectivity index (χ0n) is 18.9. The van der Waals surface area contributed by atoms with E-state index in [1.807, 2.05) is 41.5 Å². The van der Waals surface area contributed by atoms with Crippen LogP contribution in [0.15, 0.2) is 11.6 Å². The maximum Gasteiger partial charge on any atom is 0.331 e. The molecule has 0 aromatic rings. The predicted octanol–water partition coefficient (Wildman–Crippen LogP) is 2.42. The van der Waals surface area contributed by atoms with Crippen LogP contribution in [-0.4, -0.2) is 59.5 Å². The number of carboxylic acids is 1. The summed E-state index contributed by atoms with van der Waals surface area (Å²) >= 11 is 0. The lowest BCUT2D eigenvalue weighted by Crippen LogP contribution is -2.61. The first kappa shape index (κ1) is 26.1. The van der Waals surface area contributed by atoms with Gasteiger partial charge in [0.2, 0.25) is 11.8 Å². The second-order valence-corrected chi connectivity index (χ2v) is 8.07. The van der Waals surface area contributed by atoms with Crippen LogP contribution in [0.5, 0.6) is 0 Å². The Kier molecular flexibility index (Phi) is 10.4. The van der Waals surface area contributed by atoms with E-state index in [2.05, 4.69) is 10.6 Å². The molecule has 0 bridgehead atoms. The van der Waals surface area contributed by atoms with Crippen molar-refractivity contribution in [2.75, 3.05) is 14.1 Å². The zero-order valence-corrected chi connectivity index (χ0v) is 18.9. The maximum absolute atomic E-state index is 13.2. The van der Waals surface area contributed by atoms with Crippen molar-refractivity contribution in [1.82, 2.24) is 15.5 Å². The number of nitrogens with one attached hydrogen (secondary N) is 2. The van der Waals surface area contributed by atoms with Crippen molar-refractivity contribution < 1.29 is 19.5 Å². The van der Waals surface area contributed by atoms with E-state index < -0.39 is 17.6 Å². The molecular weight excluding hydrogens is 358 g/mol. The Morgan fingerprint density at radius 2 is 1.57 bits per heavy atom. The Morgan fingerprint density at radius 3 is 1.89 bits per heavy atom. The van der Waals surface area contributed by atoms with Crippen LogP contribution >= 0.6 is 0 Å². The minimum absolute atomic E-state index is 0.0226. The number of carbonyl (C=O) groups is 3. The highest BCUT2D eigenvalue weighted by Crippen LogP contribution is 2.19. The van der Waals surface area contributed by atoms with Gasteiger partial charge in [0.1, 0.15) is 6.04 Å². The highest BCUT2D eigenvalue weighted by Gasteiger charge is 2.38. The molecule has 0 radical (unpaired) electrons. The molecule has 0 rings (SSSR count). The number of nitrogens with zero attached hydrogens (tertiary/aromatic N) is 1. The number of aliphatic carboxylic acids is 1. The number of amides is 2. The SMILES string of the molecule is CCC(CC)(NC)C(=O)N[C@H](C(=O)N(C)[C@H](C=C(C)C(=O)O)C(C)C)C(C)C. The summed E-state index contributed by atoms with van der Waals surface area (Å²) in [4.78, 5) is 38.9. The minimum Gasteiger partial charge on any atom is -0.478 e. The van der Waals surface area contributed by atoms with Gasteiger partial charge in [0, 0.05) is 12.6 Å². The smallest absolute Gasteiger partial charge is 0.331 e. The van der Waals surface area contributed by atoms with Crippen molar-refractivity contribution in [3.05, 3.63) is 11.6 Å². The van der Waals surface area contributed by atoms with Gasteiger partial charge in [-0.2, -0.15) is 0 Å². The van der Waals surface area contributed by atoms with Gasteiger partial charge in [0.05, 0.1) is 11.6 Å². The summed E-state index contributed by atoms with van der Waals surface area (Å²) in [5.74, 6) is -1.52. The molecule has 0 aromatic carbocycles. The first-order valence-corrected chi connectivity index (χ1v) is 10.1. The average Bonchev–Trinajstić information content (AvgIpc) is 2.63. The predicted molar refractivity (Wildman–Crippen MR) is 112 cm³/mol. The molecule has 3 N–H and O–H groups in total. The monoisotopic (exact) mass is 397 g/mol. The van der Waals surface area contributed by atoms with Crippen molar-refractivity contribution in [3.8, 4) is 0 Å². The molecule has 0 unspecified atom stereocenters. The van der Waals surface area contributed by atoms with Crippen molar-refractivity contribution in [3.63, 3.8) is 0 Å². The second kappa shape index (κ2) is 11.2. The Hall–Kier alpha value is -1.89. The number of carbonyl (C=O) groups excluding carboxylic acids is 2. The maximum atomic E-state index is 13.2. The van der Waals surface area contributed by atoms with Gasteiger partial charge in [-0.3, -0.25) is 9.59 Å². The fraction of sp³-hybridized carbons (Fsp3) is 0.762. The quantitative estimate of drug-likeness (QED) is 0.465. The van der Waals surface area contributed by atoms with Crippen LogP contribution in [0.4, 0.5) is 0 Å². The number of rotatable bonds is 11. The molecule has 0 aromatic heterocycles. The Bertz CT molecular complexity index is 572. The average molecular weight is 398 g/mol. The van der Waals surface area contributed by atoms with Crippen LogP contribution in [0.1, 0.15) is 61.3 Å². The summed E-state index contributed by atoms with van der Waals surface area (Å²) in [6.07, 6.45) is 2.81. The molecule has 0 heterocycles. The van der Waals surface area contributed by atoms with Crippen LogP contribution in [0.3, 0.4) is 0 Å². The molecule has 28 heavy (non-hydrogen) atoms. The lowest BCUT2D eigenvalue weighted by atomic mass is 9.90. The van der Waals surface area contributed by atoms with Crippen LogP contribution in [-0.2, 0) is 14.4 Å². The molecule has 7 heteroatoms. The molecule has 0 aliphatic carbocycles. The van der Waals surface area contributed by atoms with Gasteiger partial charge in [-0.1, -0.05) is 47.6 Å². The van der Waals surface area contributed by atoms with Crippen LogP contribution in [0, 0.1) is 11.8 Å². The third-order valence-electron chi connectivity index (χ3n) is 5.58. The topological polar surface area (TPSA) is 98.7 Å². The van der Waals surface area contributed by atoms with E-state index in [1.165, 1.54) is 6.92 Å². The summed E-state index contributed by atoms with van der Waals surface area (Å²) in [5.41, 5.74) is -0.530. The van der Waals surface area contributed by atoms with E-state index >= 15 is 0 Å². The fourth-order valence-electron chi connectivity index (χ4n) is 3.28. The Labute approximate surface area is 169 Å². The summed E-state index contributed by atoms with van der Waals surface area (Å²) in [6, 6.07) is -1.07. The Balaban J connectivity index is 5.73. The third-order valence-corrected chi connectivity index (χ3v) is 5.58. The lowest BCUT2D eigenvalue weighted by Gasteiger charge is -2.36. The van der Waals surface area contributed by atoms with Crippen molar-refractivity contribution >= 4 is 17.8 Å². The summed E-state index contributed by atoms with van der Waals surface area (Å²) in [5, 5.41) is 15.2. The molecular formula is C21H39N3O4. The minimum atomic E-state index is -1.01. The van der Waals surface area contributed by atoms with E-state index in [9.17, 15) is 19.5 Å². The fourth-order valence-corrected chi connectivity index (χ4v) is 3.28. The Morgan fingerprint density at radius 1 is 1.07 bits per heavy atom. The molecule has 0 aliphatic heterocycles. The summed E-state index contributed by atoms with van der Waals surface area (Å²) < 4.78 is 0. The van der Waals surface area contributed by atoms with Gasteiger partial charge >= 0.3 is 5.97 Å². The molecule has 0 spiro atoms. The van der Waals surface area contributed by atoms with Gasteiger partial charge < -0.3 is 20.6 Å². The van der Waals surface area contributed by atoms with E-state index in [-0.39, 0.29) is 35.3 Å². The molecule has 0 fully saturated rings. The van der Waals surface area contributed by atoms with Crippen molar-refractivity contribution in [1.29, 1.82) is 0 Å². The third kappa shape index (κ3) is 6.33. The largest absolute Gasteiger partial charge is 0.478 e. The summed E-state index contributed by atoms with van der Waals surface area (Å²) in [6.45, 7) is 13.0. The van der Waals surface area contributed by atoms with Gasteiger partial charge in [-0.25, -0.2) is 4.79 Å². The van der Waals surface area contributed by atoms with Crippen LogP contribution in [0.2, 0.25) is 0 Å². The standard InChI is InChI=1S/C21H39N3O4/c1-10-21(11-2,22-8)20(28)23-17(14(5)6)18(25)24(9)16(13(3)4)12-15(7)19(26)27/h12-14,16-17,22H,10-11H2,1-9H3,(H,23,28)(H,26,27)/t16-,17+/m1/s1.